The summed E-state index contributed by atoms with van der Waals surface area (Å²) >= 11 is 0. The zero-order chi connectivity index (χ0) is 12.8. The van der Waals surface area contributed by atoms with E-state index in [1.165, 1.54) is 0 Å². The number of hydrogen-bond acceptors (Lipinski definition) is 3. The molecule has 1 saturated heterocycles. The van der Waals surface area contributed by atoms with Crippen LogP contribution in [0.2, 0.25) is 0 Å². The van der Waals surface area contributed by atoms with Crippen LogP contribution >= 0.6 is 0 Å². The number of nitrogens with one attached hydrogen (secondary N) is 2. The van der Waals surface area contributed by atoms with Gasteiger partial charge in [0.1, 0.15) is 0 Å². The standard InChI is InChI=1S/C11H21N3O3/c1-8(10(15)16)7-12-11(17)13-9-3-5-14(2)6-4-9/h8-9H,3-7H2,1-2H3,(H,15,16)(H2,12,13,17). The summed E-state index contributed by atoms with van der Waals surface area (Å²) in [7, 11) is 2.06. The van der Waals surface area contributed by atoms with Gasteiger partial charge in [0.15, 0.2) is 0 Å². The zero-order valence-electron chi connectivity index (χ0n) is 10.4. The molecule has 0 aromatic carbocycles. The molecule has 98 valence electrons. The van der Waals surface area contributed by atoms with Gasteiger partial charge in [-0.1, -0.05) is 6.92 Å². The summed E-state index contributed by atoms with van der Waals surface area (Å²) in [5.41, 5.74) is 0. The second-order valence-corrected chi connectivity index (χ2v) is 4.67. The Morgan fingerprint density at radius 3 is 2.53 bits per heavy atom. The maximum Gasteiger partial charge on any atom is 0.315 e. The van der Waals surface area contributed by atoms with E-state index in [1.54, 1.807) is 6.92 Å². The second-order valence-electron chi connectivity index (χ2n) is 4.67. The van der Waals surface area contributed by atoms with E-state index in [4.69, 9.17) is 5.11 Å². The fourth-order valence-electron chi connectivity index (χ4n) is 1.72. The minimum absolute atomic E-state index is 0.161. The minimum Gasteiger partial charge on any atom is -0.481 e. The number of piperidine rings is 1. The van der Waals surface area contributed by atoms with Gasteiger partial charge in [-0.05, 0) is 33.0 Å². The van der Waals surface area contributed by atoms with Crippen LogP contribution in [0.15, 0.2) is 0 Å². The molecule has 1 heterocycles. The van der Waals surface area contributed by atoms with Gasteiger partial charge in [0.25, 0.3) is 0 Å². The molecule has 1 rings (SSSR count). The van der Waals surface area contributed by atoms with E-state index < -0.39 is 11.9 Å². The molecule has 0 spiro atoms. The van der Waals surface area contributed by atoms with Gasteiger partial charge in [-0.25, -0.2) is 4.79 Å². The molecule has 1 aliphatic heterocycles. The maximum atomic E-state index is 11.5. The zero-order valence-corrected chi connectivity index (χ0v) is 10.4. The van der Waals surface area contributed by atoms with Crippen molar-refractivity contribution in [1.82, 2.24) is 15.5 Å². The number of aliphatic carboxylic acids is 1. The summed E-state index contributed by atoms with van der Waals surface area (Å²) in [6.45, 7) is 3.69. The molecular weight excluding hydrogens is 222 g/mol. The Balaban J connectivity index is 2.19. The van der Waals surface area contributed by atoms with Crippen molar-refractivity contribution >= 4 is 12.0 Å². The van der Waals surface area contributed by atoms with Crippen LogP contribution in [0.3, 0.4) is 0 Å². The van der Waals surface area contributed by atoms with E-state index >= 15 is 0 Å². The van der Waals surface area contributed by atoms with Crippen molar-refractivity contribution in [3.8, 4) is 0 Å². The number of likely N-dealkylation sites (tertiary alicyclic amines) is 1. The summed E-state index contributed by atoms with van der Waals surface area (Å²) in [6.07, 6.45) is 1.89. The molecular formula is C11H21N3O3. The molecule has 0 aromatic heterocycles. The average molecular weight is 243 g/mol. The Morgan fingerprint density at radius 2 is 2.00 bits per heavy atom. The molecule has 6 nitrogen and oxygen atoms in total. The number of carboxylic acids is 1. The summed E-state index contributed by atoms with van der Waals surface area (Å²) < 4.78 is 0. The molecule has 1 unspecified atom stereocenters. The molecule has 1 aliphatic rings. The van der Waals surface area contributed by atoms with Crippen LogP contribution in [0.5, 0.6) is 0 Å². The number of carbonyl (C=O) groups is 2. The number of carboxylic acid groups (broad SMARTS) is 1. The number of urea groups is 1. The molecule has 0 saturated carbocycles. The van der Waals surface area contributed by atoms with Gasteiger partial charge in [-0.15, -0.1) is 0 Å². The first kappa shape index (κ1) is 13.8. The van der Waals surface area contributed by atoms with E-state index in [2.05, 4.69) is 22.6 Å². The van der Waals surface area contributed by atoms with Crippen LogP contribution in [0.4, 0.5) is 4.79 Å². The van der Waals surface area contributed by atoms with Crippen LogP contribution in [0, 0.1) is 5.92 Å². The molecule has 0 aromatic rings. The molecule has 3 N–H and O–H groups in total. The van der Waals surface area contributed by atoms with Crippen LogP contribution in [-0.2, 0) is 4.79 Å². The molecule has 1 atom stereocenters. The van der Waals surface area contributed by atoms with Crippen LogP contribution in [0.1, 0.15) is 19.8 Å². The molecule has 1 fully saturated rings. The van der Waals surface area contributed by atoms with Crippen LogP contribution < -0.4 is 10.6 Å². The van der Waals surface area contributed by atoms with E-state index in [-0.39, 0.29) is 18.6 Å². The quantitative estimate of drug-likeness (QED) is 0.654. The smallest absolute Gasteiger partial charge is 0.315 e. The molecule has 17 heavy (non-hydrogen) atoms. The summed E-state index contributed by atoms with van der Waals surface area (Å²) in [4.78, 5) is 24.3. The minimum atomic E-state index is -0.899. The van der Waals surface area contributed by atoms with Crippen molar-refractivity contribution in [3.63, 3.8) is 0 Å². The van der Waals surface area contributed by atoms with Gasteiger partial charge in [0.2, 0.25) is 0 Å². The van der Waals surface area contributed by atoms with Crippen LogP contribution in [0.25, 0.3) is 0 Å². The average Bonchev–Trinajstić information content (AvgIpc) is 2.29. The maximum absolute atomic E-state index is 11.5. The third kappa shape index (κ3) is 5.04. The number of amides is 2. The SMILES string of the molecule is CC(CNC(=O)NC1CCN(C)CC1)C(=O)O. The second kappa shape index (κ2) is 6.44. The number of carbonyl (C=O) groups excluding carboxylic acids is 1. The number of hydrogen-bond donors (Lipinski definition) is 3. The lowest BCUT2D eigenvalue weighted by Gasteiger charge is -2.29. The molecule has 0 aliphatic carbocycles. The van der Waals surface area contributed by atoms with Crippen molar-refractivity contribution in [2.75, 3.05) is 26.7 Å². The van der Waals surface area contributed by atoms with Crippen molar-refractivity contribution in [2.24, 2.45) is 5.92 Å². The van der Waals surface area contributed by atoms with Gasteiger partial charge >= 0.3 is 12.0 Å². The predicted molar refractivity (Wildman–Crippen MR) is 63.9 cm³/mol. The van der Waals surface area contributed by atoms with Gasteiger partial charge in [0.05, 0.1) is 5.92 Å². The Kier molecular flexibility index (Phi) is 5.21. The summed E-state index contributed by atoms with van der Waals surface area (Å²) in [6, 6.07) is -0.0704. The first-order valence-corrected chi connectivity index (χ1v) is 5.94. The lowest BCUT2D eigenvalue weighted by atomic mass is 10.1. The van der Waals surface area contributed by atoms with E-state index in [9.17, 15) is 9.59 Å². The van der Waals surface area contributed by atoms with E-state index in [0.717, 1.165) is 25.9 Å². The van der Waals surface area contributed by atoms with Crippen molar-refractivity contribution in [1.29, 1.82) is 0 Å². The Hall–Kier alpha value is -1.30. The van der Waals surface area contributed by atoms with Gasteiger partial charge in [-0.3, -0.25) is 4.79 Å². The Morgan fingerprint density at radius 1 is 1.41 bits per heavy atom. The molecule has 2 amide bonds. The summed E-state index contributed by atoms with van der Waals surface area (Å²) in [5.74, 6) is -1.46. The van der Waals surface area contributed by atoms with Gasteiger partial charge < -0.3 is 20.6 Å². The lowest BCUT2D eigenvalue weighted by molar-refractivity contribution is -0.140. The van der Waals surface area contributed by atoms with E-state index in [0.29, 0.717) is 0 Å². The van der Waals surface area contributed by atoms with Crippen molar-refractivity contribution in [2.45, 2.75) is 25.8 Å². The fraction of sp³-hybridized carbons (Fsp3) is 0.818. The first-order chi connectivity index (χ1) is 7.99. The highest BCUT2D eigenvalue weighted by Gasteiger charge is 2.19. The summed E-state index contributed by atoms with van der Waals surface area (Å²) in [5, 5.41) is 14.1. The van der Waals surface area contributed by atoms with Gasteiger partial charge in [-0.2, -0.15) is 0 Å². The normalized spacial score (nSPS) is 19.6. The topological polar surface area (TPSA) is 81.7 Å². The van der Waals surface area contributed by atoms with Gasteiger partial charge in [0, 0.05) is 12.6 Å². The molecule has 0 radical (unpaired) electrons. The fourth-order valence-corrected chi connectivity index (χ4v) is 1.72. The monoisotopic (exact) mass is 243 g/mol. The highest BCUT2D eigenvalue weighted by molar-refractivity contribution is 5.75. The predicted octanol–water partition coefficient (Wildman–Crippen LogP) is 0.101. The lowest BCUT2D eigenvalue weighted by Crippen LogP contribution is -2.48. The molecule has 6 heteroatoms. The van der Waals surface area contributed by atoms with Crippen LogP contribution in [-0.4, -0.2) is 54.7 Å². The number of nitrogens with zero attached hydrogens (tertiary/aromatic N) is 1. The third-order valence-corrected chi connectivity index (χ3v) is 3.04. The highest BCUT2D eigenvalue weighted by atomic mass is 16.4. The highest BCUT2D eigenvalue weighted by Crippen LogP contribution is 2.07. The van der Waals surface area contributed by atoms with Crippen molar-refractivity contribution in [3.05, 3.63) is 0 Å². The Bertz CT molecular complexity index is 275. The number of rotatable bonds is 4. The third-order valence-electron chi connectivity index (χ3n) is 3.04. The van der Waals surface area contributed by atoms with E-state index in [1.807, 2.05) is 0 Å². The molecule has 0 bridgehead atoms. The first-order valence-electron chi connectivity index (χ1n) is 5.94. The largest absolute Gasteiger partial charge is 0.481 e. The Labute approximate surface area is 101 Å². The van der Waals surface area contributed by atoms with Crippen molar-refractivity contribution < 1.29 is 14.7 Å².